The zero-order valence-electron chi connectivity index (χ0n) is 10.3. The Hall–Kier alpha value is -1.06. The lowest BCUT2D eigenvalue weighted by molar-refractivity contribution is 0.723. The number of rotatable bonds is 3. The lowest BCUT2D eigenvalue weighted by atomic mass is 10.0. The summed E-state index contributed by atoms with van der Waals surface area (Å²) < 4.78 is 0. The Balaban J connectivity index is 1.88. The molecule has 1 aliphatic rings. The van der Waals surface area contributed by atoms with Crippen molar-refractivity contribution in [1.82, 2.24) is 0 Å². The van der Waals surface area contributed by atoms with E-state index < -0.39 is 0 Å². The maximum Gasteiger partial charge on any atom is 0.0756 e. The van der Waals surface area contributed by atoms with Crippen molar-refractivity contribution in [2.75, 3.05) is 6.26 Å². The van der Waals surface area contributed by atoms with Gasteiger partial charge in [0.05, 0.1) is 16.6 Å². The van der Waals surface area contributed by atoms with Crippen molar-refractivity contribution in [3.63, 3.8) is 0 Å². The van der Waals surface area contributed by atoms with Crippen LogP contribution in [0.25, 0.3) is 0 Å². The normalized spacial score (nSPS) is 18.9. The SMILES string of the molecule is CSc1ccsc1C1=NC(c2ccccc2)CC1. The first kappa shape index (κ1) is 12.0. The monoisotopic (exact) mass is 273 g/mol. The van der Waals surface area contributed by atoms with E-state index in [1.54, 1.807) is 0 Å². The van der Waals surface area contributed by atoms with Crippen molar-refractivity contribution in [2.24, 2.45) is 4.99 Å². The summed E-state index contributed by atoms with van der Waals surface area (Å²) in [6.07, 6.45) is 4.38. The Morgan fingerprint density at radius 3 is 2.83 bits per heavy atom. The van der Waals surface area contributed by atoms with Crippen LogP contribution in [-0.2, 0) is 0 Å². The number of thiophene rings is 1. The molecule has 18 heavy (non-hydrogen) atoms. The molecule has 1 aliphatic heterocycles. The third kappa shape index (κ3) is 2.25. The van der Waals surface area contributed by atoms with Crippen LogP contribution in [-0.4, -0.2) is 12.0 Å². The van der Waals surface area contributed by atoms with Gasteiger partial charge in [-0.3, -0.25) is 4.99 Å². The third-order valence-corrected chi connectivity index (χ3v) is 5.13. The van der Waals surface area contributed by atoms with E-state index in [-0.39, 0.29) is 0 Å². The molecule has 0 saturated carbocycles. The lowest BCUT2D eigenvalue weighted by Crippen LogP contribution is -1.93. The van der Waals surface area contributed by atoms with Gasteiger partial charge < -0.3 is 0 Å². The van der Waals surface area contributed by atoms with Gasteiger partial charge in [0.15, 0.2) is 0 Å². The molecule has 1 nitrogen and oxygen atoms in total. The van der Waals surface area contributed by atoms with E-state index >= 15 is 0 Å². The summed E-state index contributed by atoms with van der Waals surface area (Å²) in [6, 6.07) is 13.2. The van der Waals surface area contributed by atoms with Crippen molar-refractivity contribution in [3.05, 3.63) is 52.2 Å². The minimum Gasteiger partial charge on any atom is -0.280 e. The van der Waals surface area contributed by atoms with E-state index in [0.29, 0.717) is 6.04 Å². The Bertz CT molecular complexity index is 557. The molecule has 2 aromatic rings. The molecule has 0 N–H and O–H groups in total. The highest BCUT2D eigenvalue weighted by molar-refractivity contribution is 7.98. The molecule has 92 valence electrons. The van der Waals surface area contributed by atoms with Crippen LogP contribution in [0, 0.1) is 0 Å². The van der Waals surface area contributed by atoms with Gasteiger partial charge in [-0.15, -0.1) is 23.1 Å². The number of benzene rings is 1. The summed E-state index contributed by atoms with van der Waals surface area (Å²) in [5.74, 6) is 0. The minimum absolute atomic E-state index is 0.359. The summed E-state index contributed by atoms with van der Waals surface area (Å²) in [5, 5.41) is 2.17. The number of thioether (sulfide) groups is 1. The summed E-state index contributed by atoms with van der Waals surface area (Å²) >= 11 is 3.63. The van der Waals surface area contributed by atoms with Gasteiger partial charge in [-0.1, -0.05) is 30.3 Å². The smallest absolute Gasteiger partial charge is 0.0756 e. The van der Waals surface area contributed by atoms with Crippen LogP contribution in [0.5, 0.6) is 0 Å². The number of aliphatic imine (C=N–C) groups is 1. The molecule has 1 aromatic heterocycles. The zero-order valence-corrected chi connectivity index (χ0v) is 11.9. The first-order valence-electron chi connectivity index (χ1n) is 6.12. The molecule has 1 aromatic carbocycles. The van der Waals surface area contributed by atoms with Crippen LogP contribution in [0.2, 0.25) is 0 Å². The molecule has 2 heterocycles. The van der Waals surface area contributed by atoms with E-state index in [1.807, 2.05) is 23.1 Å². The van der Waals surface area contributed by atoms with Crippen LogP contribution in [0.3, 0.4) is 0 Å². The molecule has 3 rings (SSSR count). The summed E-state index contributed by atoms with van der Waals surface area (Å²) in [4.78, 5) is 7.67. The zero-order chi connectivity index (χ0) is 12.4. The van der Waals surface area contributed by atoms with E-state index in [0.717, 1.165) is 12.8 Å². The van der Waals surface area contributed by atoms with Crippen LogP contribution >= 0.6 is 23.1 Å². The van der Waals surface area contributed by atoms with Gasteiger partial charge in [0.2, 0.25) is 0 Å². The molecular formula is C15H15NS2. The fourth-order valence-electron chi connectivity index (χ4n) is 2.35. The van der Waals surface area contributed by atoms with Gasteiger partial charge in [0, 0.05) is 4.90 Å². The van der Waals surface area contributed by atoms with Crippen LogP contribution < -0.4 is 0 Å². The molecule has 0 bridgehead atoms. The molecule has 1 atom stereocenters. The maximum absolute atomic E-state index is 4.92. The van der Waals surface area contributed by atoms with Crippen LogP contribution in [0.15, 0.2) is 51.7 Å². The highest BCUT2D eigenvalue weighted by Crippen LogP contribution is 2.35. The molecule has 0 saturated heterocycles. The van der Waals surface area contributed by atoms with E-state index in [1.165, 1.54) is 21.0 Å². The first-order chi connectivity index (χ1) is 8.88. The largest absolute Gasteiger partial charge is 0.280 e. The number of hydrogen-bond acceptors (Lipinski definition) is 3. The van der Waals surface area contributed by atoms with E-state index in [4.69, 9.17) is 4.99 Å². The Morgan fingerprint density at radius 2 is 2.06 bits per heavy atom. The molecular weight excluding hydrogens is 258 g/mol. The van der Waals surface area contributed by atoms with Crippen molar-refractivity contribution >= 4 is 28.8 Å². The second-order valence-corrected chi connectivity index (χ2v) is 6.12. The quantitative estimate of drug-likeness (QED) is 0.732. The van der Waals surface area contributed by atoms with Crippen molar-refractivity contribution in [2.45, 2.75) is 23.8 Å². The molecule has 0 fully saturated rings. The average molecular weight is 273 g/mol. The molecule has 0 aliphatic carbocycles. The van der Waals surface area contributed by atoms with Gasteiger partial charge in [-0.2, -0.15) is 0 Å². The second-order valence-electron chi connectivity index (χ2n) is 4.36. The van der Waals surface area contributed by atoms with Crippen LogP contribution in [0.4, 0.5) is 0 Å². The van der Waals surface area contributed by atoms with Gasteiger partial charge in [-0.05, 0) is 36.1 Å². The highest BCUT2D eigenvalue weighted by Gasteiger charge is 2.22. The fourth-order valence-corrected chi connectivity index (χ4v) is 4.15. The fraction of sp³-hybridized carbons (Fsp3) is 0.267. The predicted molar refractivity (Wildman–Crippen MR) is 81.1 cm³/mol. The van der Waals surface area contributed by atoms with E-state index in [2.05, 4.69) is 48.0 Å². The summed E-state index contributed by atoms with van der Waals surface area (Å²) in [6.45, 7) is 0. The van der Waals surface area contributed by atoms with Crippen molar-refractivity contribution in [1.29, 1.82) is 0 Å². The van der Waals surface area contributed by atoms with Crippen molar-refractivity contribution in [3.8, 4) is 0 Å². The van der Waals surface area contributed by atoms with E-state index in [9.17, 15) is 0 Å². The van der Waals surface area contributed by atoms with Gasteiger partial charge in [-0.25, -0.2) is 0 Å². The Morgan fingerprint density at radius 1 is 1.22 bits per heavy atom. The van der Waals surface area contributed by atoms with Gasteiger partial charge in [0.25, 0.3) is 0 Å². The number of hydrogen-bond donors (Lipinski definition) is 0. The molecule has 0 amide bonds. The summed E-state index contributed by atoms with van der Waals surface area (Å²) in [5.41, 5.74) is 2.64. The first-order valence-corrected chi connectivity index (χ1v) is 8.22. The minimum atomic E-state index is 0.359. The van der Waals surface area contributed by atoms with Crippen molar-refractivity contribution < 1.29 is 0 Å². The summed E-state index contributed by atoms with van der Waals surface area (Å²) in [7, 11) is 0. The average Bonchev–Trinajstić information content (AvgIpc) is 3.08. The standard InChI is InChI=1S/C15H15NS2/c1-17-14-9-10-18-15(14)13-8-7-12(16-13)11-5-3-2-4-6-11/h2-6,9-10,12H,7-8H2,1H3. The van der Waals surface area contributed by atoms with Gasteiger partial charge in [0.1, 0.15) is 0 Å². The second kappa shape index (κ2) is 5.29. The topological polar surface area (TPSA) is 12.4 Å². The maximum atomic E-state index is 4.92. The predicted octanol–water partition coefficient (Wildman–Crippen LogP) is 4.79. The molecule has 3 heteroatoms. The lowest BCUT2D eigenvalue weighted by Gasteiger charge is -2.05. The number of nitrogens with zero attached hydrogens (tertiary/aromatic N) is 1. The molecule has 0 spiro atoms. The third-order valence-electron chi connectivity index (χ3n) is 3.26. The Kier molecular flexibility index (Phi) is 3.52. The Labute approximate surface area is 116 Å². The van der Waals surface area contributed by atoms with Crippen LogP contribution in [0.1, 0.15) is 29.3 Å². The molecule has 1 unspecified atom stereocenters. The molecule has 0 radical (unpaired) electrons. The van der Waals surface area contributed by atoms with Gasteiger partial charge >= 0.3 is 0 Å². The highest BCUT2D eigenvalue weighted by atomic mass is 32.2.